The number of nitrogens with one attached hydrogen (secondary N) is 2. The molecule has 2 N–H and O–H groups in total. The molecule has 0 radical (unpaired) electrons. The van der Waals surface area contributed by atoms with Crippen molar-refractivity contribution in [1.29, 1.82) is 0 Å². The lowest BCUT2D eigenvalue weighted by Crippen LogP contribution is -2.14. The number of rotatable bonds is 4. The van der Waals surface area contributed by atoms with Gasteiger partial charge in [0.2, 0.25) is 0 Å². The van der Waals surface area contributed by atoms with Crippen molar-refractivity contribution >= 4 is 11.2 Å². The van der Waals surface area contributed by atoms with E-state index < -0.39 is 0 Å². The zero-order chi connectivity index (χ0) is 9.80. The van der Waals surface area contributed by atoms with Gasteiger partial charge in [0, 0.05) is 6.20 Å². The Morgan fingerprint density at radius 3 is 3.21 bits per heavy atom. The predicted octanol–water partition coefficient (Wildman–Crippen LogP) is 1.46. The van der Waals surface area contributed by atoms with E-state index in [2.05, 4.69) is 27.2 Å². The van der Waals surface area contributed by atoms with Crippen molar-refractivity contribution < 1.29 is 0 Å². The number of imidazole rings is 1. The van der Waals surface area contributed by atoms with Crippen molar-refractivity contribution in [1.82, 2.24) is 20.3 Å². The average Bonchev–Trinajstić information content (AvgIpc) is 2.60. The van der Waals surface area contributed by atoms with Crippen molar-refractivity contribution in [3.8, 4) is 0 Å². The van der Waals surface area contributed by atoms with Crippen LogP contribution in [0.25, 0.3) is 11.2 Å². The topological polar surface area (TPSA) is 53.6 Å². The first-order valence-electron chi connectivity index (χ1n) is 4.90. The highest BCUT2D eigenvalue weighted by Gasteiger charge is 2.01. The molecule has 4 nitrogen and oxygen atoms in total. The van der Waals surface area contributed by atoms with Crippen LogP contribution in [0.1, 0.15) is 19.2 Å². The van der Waals surface area contributed by atoms with Crippen molar-refractivity contribution in [3.05, 3.63) is 24.2 Å². The monoisotopic (exact) mass is 190 g/mol. The minimum atomic E-state index is 0.782. The number of aromatic nitrogens is 3. The molecule has 0 spiro atoms. The SMILES string of the molecule is CCCNCc1nc2ncccc2[nH]1. The smallest absolute Gasteiger partial charge is 0.177 e. The second kappa shape index (κ2) is 4.19. The summed E-state index contributed by atoms with van der Waals surface area (Å²) in [6.45, 7) is 3.95. The van der Waals surface area contributed by atoms with Crippen molar-refractivity contribution in [2.75, 3.05) is 6.54 Å². The van der Waals surface area contributed by atoms with Crippen LogP contribution in [0.2, 0.25) is 0 Å². The molecule has 0 fully saturated rings. The van der Waals surface area contributed by atoms with Crippen LogP contribution in [0.15, 0.2) is 18.3 Å². The molecule has 2 rings (SSSR count). The van der Waals surface area contributed by atoms with E-state index in [0.29, 0.717) is 0 Å². The van der Waals surface area contributed by atoms with Gasteiger partial charge in [0.25, 0.3) is 0 Å². The van der Waals surface area contributed by atoms with Gasteiger partial charge < -0.3 is 10.3 Å². The molecule has 0 saturated carbocycles. The summed E-state index contributed by atoms with van der Waals surface area (Å²) in [5, 5.41) is 3.29. The molecule has 74 valence electrons. The summed E-state index contributed by atoms with van der Waals surface area (Å²) in [5.41, 5.74) is 1.79. The molecule has 2 heterocycles. The molecule has 0 saturated heterocycles. The molecular weight excluding hydrogens is 176 g/mol. The summed E-state index contributed by atoms with van der Waals surface area (Å²) in [7, 11) is 0. The van der Waals surface area contributed by atoms with Gasteiger partial charge >= 0.3 is 0 Å². The molecule has 2 aromatic rings. The van der Waals surface area contributed by atoms with E-state index in [1.54, 1.807) is 6.20 Å². The fraction of sp³-hybridized carbons (Fsp3) is 0.400. The van der Waals surface area contributed by atoms with Crippen LogP contribution in [-0.2, 0) is 6.54 Å². The fourth-order valence-corrected chi connectivity index (χ4v) is 1.36. The maximum absolute atomic E-state index is 4.36. The van der Waals surface area contributed by atoms with Gasteiger partial charge in [-0.25, -0.2) is 9.97 Å². The Balaban J connectivity index is 2.11. The summed E-state index contributed by atoms with van der Waals surface area (Å²) < 4.78 is 0. The summed E-state index contributed by atoms with van der Waals surface area (Å²) in [4.78, 5) is 11.7. The van der Waals surface area contributed by atoms with Crippen molar-refractivity contribution in [2.45, 2.75) is 19.9 Å². The Morgan fingerprint density at radius 1 is 1.50 bits per heavy atom. The molecule has 14 heavy (non-hydrogen) atoms. The number of H-pyrrole nitrogens is 1. The molecule has 0 aromatic carbocycles. The summed E-state index contributed by atoms with van der Waals surface area (Å²) in [6.07, 6.45) is 2.89. The maximum Gasteiger partial charge on any atom is 0.177 e. The Morgan fingerprint density at radius 2 is 2.43 bits per heavy atom. The second-order valence-corrected chi connectivity index (χ2v) is 3.23. The molecular formula is C10H14N4. The number of hydrogen-bond donors (Lipinski definition) is 2. The van der Waals surface area contributed by atoms with Gasteiger partial charge in [0.15, 0.2) is 5.65 Å². The highest BCUT2D eigenvalue weighted by molar-refractivity contribution is 5.69. The zero-order valence-corrected chi connectivity index (χ0v) is 8.25. The number of fused-ring (bicyclic) bond motifs is 1. The zero-order valence-electron chi connectivity index (χ0n) is 8.25. The van der Waals surface area contributed by atoms with Crippen molar-refractivity contribution in [3.63, 3.8) is 0 Å². The molecule has 0 bridgehead atoms. The summed E-state index contributed by atoms with van der Waals surface area (Å²) in [6, 6.07) is 3.89. The number of pyridine rings is 1. The van der Waals surface area contributed by atoms with E-state index in [-0.39, 0.29) is 0 Å². The van der Waals surface area contributed by atoms with Crippen LogP contribution < -0.4 is 5.32 Å². The van der Waals surface area contributed by atoms with Crippen molar-refractivity contribution in [2.24, 2.45) is 0 Å². The lowest BCUT2D eigenvalue weighted by molar-refractivity contribution is 0.656. The van der Waals surface area contributed by atoms with Gasteiger partial charge in [0.1, 0.15) is 5.82 Å². The summed E-state index contributed by atoms with van der Waals surface area (Å²) >= 11 is 0. The van der Waals surface area contributed by atoms with E-state index in [1.807, 2.05) is 12.1 Å². The first-order chi connectivity index (χ1) is 6.90. The fourth-order valence-electron chi connectivity index (χ4n) is 1.36. The Bertz CT molecular complexity index is 374. The molecule has 2 aromatic heterocycles. The van der Waals surface area contributed by atoms with Crippen LogP contribution in [0.4, 0.5) is 0 Å². The van der Waals surface area contributed by atoms with E-state index in [9.17, 15) is 0 Å². The Kier molecular flexibility index (Phi) is 2.74. The molecule has 0 amide bonds. The quantitative estimate of drug-likeness (QED) is 0.717. The molecule has 0 unspecified atom stereocenters. The minimum Gasteiger partial charge on any atom is -0.340 e. The van der Waals surface area contributed by atoms with E-state index >= 15 is 0 Å². The third-order valence-electron chi connectivity index (χ3n) is 2.03. The Hall–Kier alpha value is -1.42. The highest BCUT2D eigenvalue weighted by Crippen LogP contribution is 2.06. The molecule has 0 atom stereocenters. The third-order valence-corrected chi connectivity index (χ3v) is 2.03. The lowest BCUT2D eigenvalue weighted by atomic mass is 10.4. The van der Waals surface area contributed by atoms with Crippen LogP contribution in [-0.4, -0.2) is 21.5 Å². The molecule has 0 aliphatic rings. The van der Waals surface area contributed by atoms with Gasteiger partial charge in [-0.1, -0.05) is 6.92 Å². The standard InChI is InChI=1S/C10H14N4/c1-2-5-11-7-9-13-8-4-3-6-12-10(8)14-9/h3-4,6,11H,2,5,7H2,1H3,(H,12,13,14). The van der Waals surface area contributed by atoms with Gasteiger partial charge in [0.05, 0.1) is 12.1 Å². The lowest BCUT2D eigenvalue weighted by Gasteiger charge is -1.97. The maximum atomic E-state index is 4.36. The van der Waals surface area contributed by atoms with Crippen LogP contribution in [0.3, 0.4) is 0 Å². The van der Waals surface area contributed by atoms with E-state index in [0.717, 1.165) is 36.5 Å². The van der Waals surface area contributed by atoms with Gasteiger partial charge in [-0.3, -0.25) is 0 Å². The highest BCUT2D eigenvalue weighted by atomic mass is 15.0. The van der Waals surface area contributed by atoms with Crippen LogP contribution >= 0.6 is 0 Å². The normalized spacial score (nSPS) is 10.9. The second-order valence-electron chi connectivity index (χ2n) is 3.23. The van der Waals surface area contributed by atoms with E-state index in [4.69, 9.17) is 0 Å². The van der Waals surface area contributed by atoms with Crippen LogP contribution in [0.5, 0.6) is 0 Å². The minimum absolute atomic E-state index is 0.782. The average molecular weight is 190 g/mol. The van der Waals surface area contributed by atoms with Gasteiger partial charge in [-0.2, -0.15) is 0 Å². The van der Waals surface area contributed by atoms with E-state index in [1.165, 1.54) is 0 Å². The predicted molar refractivity (Wildman–Crippen MR) is 55.9 cm³/mol. The van der Waals surface area contributed by atoms with Gasteiger partial charge in [-0.15, -0.1) is 0 Å². The number of hydrogen-bond acceptors (Lipinski definition) is 3. The van der Waals surface area contributed by atoms with Crippen LogP contribution in [0, 0.1) is 0 Å². The summed E-state index contributed by atoms with van der Waals surface area (Å²) in [5.74, 6) is 0.951. The number of aromatic amines is 1. The van der Waals surface area contributed by atoms with Gasteiger partial charge in [-0.05, 0) is 25.1 Å². The number of nitrogens with zero attached hydrogens (tertiary/aromatic N) is 2. The third kappa shape index (κ3) is 1.90. The molecule has 0 aliphatic heterocycles. The Labute approximate surface area is 82.8 Å². The molecule has 4 heteroatoms. The first kappa shape index (κ1) is 9.15. The largest absolute Gasteiger partial charge is 0.340 e. The molecule has 0 aliphatic carbocycles. The first-order valence-corrected chi connectivity index (χ1v) is 4.90.